The van der Waals surface area contributed by atoms with Crippen molar-refractivity contribution in [1.82, 2.24) is 10.6 Å². The highest BCUT2D eigenvalue weighted by atomic mass is 16.4. The summed E-state index contributed by atoms with van der Waals surface area (Å²) in [6.45, 7) is 2.72. The molecule has 1 aliphatic rings. The van der Waals surface area contributed by atoms with E-state index in [1.54, 1.807) is 0 Å². The Morgan fingerprint density at radius 2 is 1.85 bits per heavy atom. The third-order valence-corrected chi connectivity index (χ3v) is 3.83. The highest BCUT2D eigenvalue weighted by Gasteiger charge is 2.50. The molecule has 5 nitrogen and oxygen atoms in total. The van der Waals surface area contributed by atoms with Crippen LogP contribution in [0.3, 0.4) is 0 Å². The monoisotopic (exact) mass is 276 g/mol. The maximum Gasteiger partial charge on any atom is 0.315 e. The zero-order chi connectivity index (χ0) is 14.6. The average molecular weight is 276 g/mol. The van der Waals surface area contributed by atoms with Crippen molar-refractivity contribution in [3.8, 4) is 0 Å². The van der Waals surface area contributed by atoms with E-state index in [0.717, 1.165) is 12.0 Å². The number of carboxylic acids is 1. The highest BCUT2D eigenvalue weighted by molar-refractivity contribution is 5.80. The topological polar surface area (TPSA) is 78.4 Å². The minimum Gasteiger partial charge on any atom is -0.481 e. The lowest BCUT2D eigenvalue weighted by atomic mass is 10.1. The van der Waals surface area contributed by atoms with E-state index in [9.17, 15) is 9.59 Å². The van der Waals surface area contributed by atoms with Gasteiger partial charge in [0.15, 0.2) is 0 Å². The van der Waals surface area contributed by atoms with Crippen LogP contribution in [0.5, 0.6) is 0 Å². The molecule has 0 unspecified atom stereocenters. The van der Waals surface area contributed by atoms with Crippen LogP contribution in [0.2, 0.25) is 0 Å². The molecule has 0 atom stereocenters. The zero-order valence-electron chi connectivity index (χ0n) is 11.6. The van der Waals surface area contributed by atoms with Crippen molar-refractivity contribution in [2.45, 2.75) is 32.7 Å². The van der Waals surface area contributed by atoms with Crippen LogP contribution in [-0.2, 0) is 17.8 Å². The fourth-order valence-electron chi connectivity index (χ4n) is 2.18. The predicted molar refractivity (Wildman–Crippen MR) is 75.4 cm³/mol. The Bertz CT molecular complexity index is 510. The lowest BCUT2D eigenvalue weighted by Crippen LogP contribution is -2.40. The molecule has 1 fully saturated rings. The number of benzene rings is 1. The molecular weight excluding hydrogens is 256 g/mol. The number of nitrogens with one attached hydrogen (secondary N) is 2. The first-order chi connectivity index (χ1) is 9.57. The van der Waals surface area contributed by atoms with Crippen LogP contribution in [0.25, 0.3) is 0 Å². The Labute approximate surface area is 118 Å². The summed E-state index contributed by atoms with van der Waals surface area (Å²) in [5.41, 5.74) is 1.57. The summed E-state index contributed by atoms with van der Waals surface area (Å²) in [4.78, 5) is 22.7. The number of hydrogen-bond donors (Lipinski definition) is 3. The van der Waals surface area contributed by atoms with E-state index in [0.29, 0.717) is 19.4 Å². The summed E-state index contributed by atoms with van der Waals surface area (Å²) in [6, 6.07) is 7.63. The van der Waals surface area contributed by atoms with Crippen LogP contribution in [-0.4, -0.2) is 23.7 Å². The molecule has 0 radical (unpaired) electrons. The van der Waals surface area contributed by atoms with Gasteiger partial charge in [0.2, 0.25) is 0 Å². The molecule has 5 heteroatoms. The largest absolute Gasteiger partial charge is 0.481 e. The first kappa shape index (κ1) is 14.4. The summed E-state index contributed by atoms with van der Waals surface area (Å²) in [6.07, 6.45) is 2.20. The molecule has 108 valence electrons. The van der Waals surface area contributed by atoms with Gasteiger partial charge in [-0.2, -0.15) is 0 Å². The summed E-state index contributed by atoms with van der Waals surface area (Å²) in [7, 11) is 0. The minimum absolute atomic E-state index is 0.198. The number of aryl methyl sites for hydroxylation is 1. The number of hydrogen-bond acceptors (Lipinski definition) is 2. The van der Waals surface area contributed by atoms with E-state index < -0.39 is 11.4 Å². The minimum atomic E-state index is -0.825. The van der Waals surface area contributed by atoms with Crippen molar-refractivity contribution < 1.29 is 14.7 Å². The molecule has 0 bridgehead atoms. The van der Waals surface area contributed by atoms with Crippen LogP contribution >= 0.6 is 0 Å². The molecular formula is C15H20N2O3. The van der Waals surface area contributed by atoms with Crippen molar-refractivity contribution in [2.24, 2.45) is 5.41 Å². The Morgan fingerprint density at radius 1 is 1.20 bits per heavy atom. The van der Waals surface area contributed by atoms with Crippen LogP contribution < -0.4 is 10.6 Å². The molecule has 0 heterocycles. The van der Waals surface area contributed by atoms with E-state index in [1.165, 1.54) is 5.56 Å². The molecule has 0 spiro atoms. The van der Waals surface area contributed by atoms with Crippen molar-refractivity contribution in [3.63, 3.8) is 0 Å². The van der Waals surface area contributed by atoms with Crippen molar-refractivity contribution in [2.75, 3.05) is 6.54 Å². The second-order valence-electron chi connectivity index (χ2n) is 5.24. The van der Waals surface area contributed by atoms with Gasteiger partial charge in [-0.3, -0.25) is 4.79 Å². The second kappa shape index (κ2) is 5.94. The van der Waals surface area contributed by atoms with Gasteiger partial charge in [-0.15, -0.1) is 0 Å². The van der Waals surface area contributed by atoms with Gasteiger partial charge in [0.1, 0.15) is 0 Å². The van der Waals surface area contributed by atoms with Crippen molar-refractivity contribution >= 4 is 12.0 Å². The summed E-state index contributed by atoms with van der Waals surface area (Å²) >= 11 is 0. The van der Waals surface area contributed by atoms with Gasteiger partial charge >= 0.3 is 12.0 Å². The lowest BCUT2D eigenvalue weighted by molar-refractivity contribution is -0.143. The number of urea groups is 1. The fourth-order valence-corrected chi connectivity index (χ4v) is 2.18. The number of carbonyl (C=O) groups excluding carboxylic acids is 1. The molecule has 2 amide bonds. The van der Waals surface area contributed by atoms with Gasteiger partial charge < -0.3 is 15.7 Å². The number of amides is 2. The normalized spacial score (nSPS) is 15.4. The van der Waals surface area contributed by atoms with Gasteiger partial charge in [-0.05, 0) is 30.4 Å². The summed E-state index contributed by atoms with van der Waals surface area (Å²) in [5, 5.41) is 14.4. The molecule has 0 aromatic heterocycles. The Hall–Kier alpha value is -2.04. The summed E-state index contributed by atoms with van der Waals surface area (Å²) in [5.74, 6) is -0.825. The first-order valence-electron chi connectivity index (χ1n) is 6.89. The summed E-state index contributed by atoms with van der Waals surface area (Å²) < 4.78 is 0. The first-order valence-corrected chi connectivity index (χ1v) is 6.89. The van der Waals surface area contributed by atoms with Gasteiger partial charge in [0.25, 0.3) is 0 Å². The quantitative estimate of drug-likeness (QED) is 0.742. The molecule has 0 aliphatic heterocycles. The Morgan fingerprint density at radius 3 is 2.40 bits per heavy atom. The van der Waals surface area contributed by atoms with Gasteiger partial charge in [-0.25, -0.2) is 4.79 Å². The van der Waals surface area contributed by atoms with Crippen LogP contribution in [0.4, 0.5) is 4.79 Å². The lowest BCUT2D eigenvalue weighted by Gasteiger charge is -2.13. The Kier molecular flexibility index (Phi) is 4.27. The molecule has 1 saturated carbocycles. The van der Waals surface area contributed by atoms with Crippen molar-refractivity contribution in [1.29, 1.82) is 0 Å². The molecule has 1 aromatic carbocycles. The molecule has 2 rings (SSSR count). The van der Waals surface area contributed by atoms with Crippen LogP contribution in [0, 0.1) is 5.41 Å². The third kappa shape index (κ3) is 3.29. The van der Waals surface area contributed by atoms with Gasteiger partial charge in [-0.1, -0.05) is 31.2 Å². The van der Waals surface area contributed by atoms with Crippen LogP contribution in [0.15, 0.2) is 24.3 Å². The van der Waals surface area contributed by atoms with E-state index >= 15 is 0 Å². The van der Waals surface area contributed by atoms with E-state index in [-0.39, 0.29) is 12.6 Å². The van der Waals surface area contributed by atoms with E-state index in [2.05, 4.69) is 17.6 Å². The SMILES string of the molecule is CCc1ccccc1CNC(=O)NCC1(C(=O)O)CC1. The molecule has 20 heavy (non-hydrogen) atoms. The maximum absolute atomic E-state index is 11.7. The Balaban J connectivity index is 1.79. The smallest absolute Gasteiger partial charge is 0.315 e. The second-order valence-corrected chi connectivity index (χ2v) is 5.24. The number of aliphatic carboxylic acids is 1. The van der Waals surface area contributed by atoms with Crippen molar-refractivity contribution in [3.05, 3.63) is 35.4 Å². The predicted octanol–water partition coefficient (Wildman–Crippen LogP) is 1.91. The van der Waals surface area contributed by atoms with E-state index in [4.69, 9.17) is 5.11 Å². The fraction of sp³-hybridized carbons (Fsp3) is 0.467. The van der Waals surface area contributed by atoms with Crippen LogP contribution in [0.1, 0.15) is 30.9 Å². The highest BCUT2D eigenvalue weighted by Crippen LogP contribution is 2.45. The number of carbonyl (C=O) groups is 2. The standard InChI is InChI=1S/C15H20N2O3/c1-2-11-5-3-4-6-12(11)9-16-14(20)17-10-15(7-8-15)13(18)19/h3-6H,2,7-10H2,1H3,(H,18,19)(H2,16,17,20). The maximum atomic E-state index is 11.7. The molecule has 1 aliphatic carbocycles. The van der Waals surface area contributed by atoms with E-state index in [1.807, 2.05) is 24.3 Å². The molecule has 1 aromatic rings. The number of carboxylic acid groups (broad SMARTS) is 1. The zero-order valence-corrected chi connectivity index (χ0v) is 11.6. The average Bonchev–Trinajstić information content (AvgIpc) is 3.24. The third-order valence-electron chi connectivity index (χ3n) is 3.83. The molecule has 3 N–H and O–H groups in total. The molecule has 0 saturated heterocycles. The number of rotatable bonds is 6. The van der Waals surface area contributed by atoms with Gasteiger partial charge in [0.05, 0.1) is 5.41 Å². The van der Waals surface area contributed by atoms with Gasteiger partial charge in [0, 0.05) is 13.1 Å².